The normalized spacial score (nSPS) is 36.5. The molecule has 0 nitrogen and oxygen atoms in total. The third kappa shape index (κ3) is 3.35. The van der Waals surface area contributed by atoms with Crippen LogP contribution in [-0.4, -0.2) is 11.4 Å². The van der Waals surface area contributed by atoms with Crippen LogP contribution in [0.25, 0.3) is 0 Å². The van der Waals surface area contributed by atoms with Gasteiger partial charge >= 0.3 is 0 Å². The van der Waals surface area contributed by atoms with Crippen molar-refractivity contribution >= 4 is 32.4 Å². The molecule has 2 radical (unpaired) electrons. The van der Waals surface area contributed by atoms with Crippen LogP contribution in [0.2, 0.25) is 0 Å². The van der Waals surface area contributed by atoms with Gasteiger partial charge < -0.3 is 0 Å². The Bertz CT molecular complexity index is 47.4. The SMILES string of the molecule is [2H]P([B])P([2H])P[3H]. The fourth-order valence-electron chi connectivity index (χ4n) is 0. The molecule has 0 aliphatic rings. The molecule has 0 fully saturated rings. The summed E-state index contributed by atoms with van der Waals surface area (Å²) in [6.07, 6.45) is 0. The highest BCUT2D eigenvalue weighted by molar-refractivity contribution is 8.44. The molecule has 0 rings (SSSR count). The molecule has 0 amide bonds. The average Bonchev–Trinajstić information content (AvgIpc) is 1.65. The minimum atomic E-state index is -1.36. The Morgan fingerprint density at radius 1 is 2.75 bits per heavy atom. The lowest BCUT2D eigenvalue weighted by atomic mass is 10.8. The van der Waals surface area contributed by atoms with Gasteiger partial charge in [0.2, 0.25) is 0 Å². The average molecular weight is 112 g/mol. The molecular weight excluding hydrogens is 104 g/mol. The molecule has 0 heterocycles. The third-order valence-corrected chi connectivity index (χ3v) is 1.56. The first-order valence-electron chi connectivity index (χ1n) is 2.08. The summed E-state index contributed by atoms with van der Waals surface area (Å²) in [5, 5.41) is 0. The van der Waals surface area contributed by atoms with E-state index in [9.17, 15) is 0 Å². The zero-order chi connectivity index (χ0) is 5.86. The van der Waals surface area contributed by atoms with Gasteiger partial charge in [0.1, 0.15) is 7.57 Å². The molecule has 0 spiro atoms. The van der Waals surface area contributed by atoms with Crippen molar-refractivity contribution in [2.45, 2.75) is 0 Å². The van der Waals surface area contributed by atoms with Crippen molar-refractivity contribution in [3.05, 3.63) is 0 Å². The number of hydrogen-bond donors (Lipinski definition) is 0. The van der Waals surface area contributed by atoms with Crippen LogP contribution >= 0.6 is 24.9 Å². The van der Waals surface area contributed by atoms with E-state index in [0.29, 0.717) is 0 Å². The van der Waals surface area contributed by atoms with Gasteiger partial charge in [0.05, 0.1) is 3.84 Å². The summed E-state index contributed by atoms with van der Waals surface area (Å²) in [4.78, 5) is 0. The molecule has 0 bridgehead atoms. The largest absolute Gasteiger partial charge is 0.146 e. The van der Waals surface area contributed by atoms with E-state index in [4.69, 9.17) is 11.4 Å². The summed E-state index contributed by atoms with van der Waals surface area (Å²) < 4.78 is 20.3. The van der Waals surface area contributed by atoms with Crippen molar-refractivity contribution in [3.63, 3.8) is 0 Å². The summed E-state index contributed by atoms with van der Waals surface area (Å²) in [6.45, 7) is 0. The maximum Gasteiger partial charge on any atom is 0.110 e. The Balaban J connectivity index is 3.14. The summed E-state index contributed by atoms with van der Waals surface area (Å²) in [7, 11) is 2.28. The maximum absolute atomic E-state index is 6.88. The zero-order valence-electron chi connectivity index (χ0n) is 4.97. The lowest BCUT2D eigenvalue weighted by molar-refractivity contribution is 4.96. The van der Waals surface area contributed by atoms with Crippen molar-refractivity contribution in [1.29, 1.82) is 3.84 Å². The molecule has 4 heteroatoms. The first-order chi connectivity index (χ1) is 3.18. The van der Waals surface area contributed by atoms with E-state index in [1.54, 1.807) is 0 Å². The summed E-state index contributed by atoms with van der Waals surface area (Å²) in [6, 6.07) is 0. The fourth-order valence-corrected chi connectivity index (χ4v) is 0. The van der Waals surface area contributed by atoms with E-state index in [-0.39, 0.29) is 8.87 Å². The molecule has 0 aromatic heterocycles. The summed E-state index contributed by atoms with van der Waals surface area (Å²) in [5.74, 6) is 0. The highest BCUT2D eigenvalue weighted by atomic mass is 32.4. The van der Waals surface area contributed by atoms with Gasteiger partial charge in [-0.05, 0) is 0 Å². The molecule has 4 heavy (non-hydrogen) atoms. The minimum Gasteiger partial charge on any atom is -0.146 e. The first kappa shape index (κ1) is 1.88. The Morgan fingerprint density at radius 2 is 3.50 bits per heavy atom. The van der Waals surface area contributed by atoms with Crippen LogP contribution < -0.4 is 0 Å². The smallest absolute Gasteiger partial charge is 0.110 e. The van der Waals surface area contributed by atoms with Crippen LogP contribution in [0.4, 0.5) is 0 Å². The number of hydrogen-bond acceptors (Lipinski definition) is 0. The summed E-state index contributed by atoms with van der Waals surface area (Å²) >= 11 is 0. The molecule has 0 saturated heterocycles. The first-order valence-corrected chi connectivity index (χ1v) is 4.59. The molecule has 0 aromatic carbocycles. The predicted molar refractivity (Wildman–Crippen MR) is 32.1 cm³/mol. The predicted octanol–water partition coefficient (Wildman–Crippen LogP) is 1.13. The quantitative estimate of drug-likeness (QED) is 0.371. The van der Waals surface area contributed by atoms with Crippen molar-refractivity contribution in [1.82, 2.24) is 0 Å². The molecule has 0 aliphatic heterocycles. The van der Waals surface area contributed by atoms with E-state index in [2.05, 4.69) is 0 Å². The Hall–Kier alpha value is 1.35. The van der Waals surface area contributed by atoms with Crippen LogP contribution in [0.1, 0.15) is 0 Å². The highest BCUT2D eigenvalue weighted by Gasteiger charge is 1.54. The van der Waals surface area contributed by atoms with Gasteiger partial charge in [-0.2, -0.15) is 0 Å². The van der Waals surface area contributed by atoms with Gasteiger partial charge in [0.15, 0.2) is 0 Å². The monoisotopic (exact) mass is 112 g/mol. The van der Waals surface area contributed by atoms with Crippen LogP contribution in [-0.2, 0) is 0 Å². The lowest BCUT2D eigenvalue weighted by Crippen LogP contribution is -1.13. The van der Waals surface area contributed by atoms with E-state index in [0.717, 1.165) is 0 Å². The second-order valence-corrected chi connectivity index (χ2v) is 3.74. The van der Waals surface area contributed by atoms with Crippen molar-refractivity contribution in [2.24, 2.45) is 0 Å². The highest BCUT2D eigenvalue weighted by Crippen LogP contribution is 2.38. The second kappa shape index (κ2) is 4.35. The van der Waals surface area contributed by atoms with Crippen LogP contribution in [0.3, 0.4) is 0 Å². The van der Waals surface area contributed by atoms with E-state index in [1.165, 1.54) is 0 Å². The van der Waals surface area contributed by atoms with Gasteiger partial charge in [-0.3, -0.25) is 0 Å². The summed E-state index contributed by atoms with van der Waals surface area (Å²) in [5.41, 5.74) is 0. The molecule has 0 aliphatic carbocycles. The van der Waals surface area contributed by atoms with Gasteiger partial charge in [0.25, 0.3) is 0 Å². The van der Waals surface area contributed by atoms with Crippen molar-refractivity contribution < 1.29 is 0 Å². The van der Waals surface area contributed by atoms with Crippen LogP contribution in [0.15, 0.2) is 0 Å². The van der Waals surface area contributed by atoms with Crippen molar-refractivity contribution in [2.75, 3.05) is 0 Å². The van der Waals surface area contributed by atoms with E-state index in [1.807, 2.05) is 0 Å². The molecule has 0 N–H and O–H groups in total. The number of rotatable bonds is 2. The van der Waals surface area contributed by atoms with Gasteiger partial charge in [0, 0.05) is 0 Å². The van der Waals surface area contributed by atoms with Gasteiger partial charge in [-0.1, -0.05) is 7.90 Å². The third-order valence-electron chi connectivity index (χ3n) is 0.0577. The van der Waals surface area contributed by atoms with Gasteiger partial charge in [-0.25, -0.2) is 0 Å². The van der Waals surface area contributed by atoms with E-state index >= 15 is 0 Å². The van der Waals surface area contributed by atoms with E-state index < -0.39 is 16.0 Å². The van der Waals surface area contributed by atoms with Gasteiger partial charge in [-0.15, -0.1) is 17.0 Å². The molecule has 3 atom stereocenters. The maximum atomic E-state index is 6.88. The Kier molecular flexibility index (Phi) is 2.04. The second-order valence-electron chi connectivity index (χ2n) is 0.215. The minimum absolute atomic E-state index is 0.190. The van der Waals surface area contributed by atoms with Crippen LogP contribution in [0, 0.1) is 0 Å². The molecule has 22 valence electrons. The molecular formula is H4BP3. The fraction of sp³-hybridized carbons (Fsp3) is 0. The Morgan fingerprint density at radius 3 is 3.50 bits per heavy atom. The van der Waals surface area contributed by atoms with Crippen LogP contribution in [0.5, 0.6) is 0 Å². The Labute approximate surface area is 37.3 Å². The molecule has 3 unspecified atom stereocenters. The topological polar surface area (TPSA) is 0 Å². The molecule has 0 aromatic rings. The molecule has 0 saturated carbocycles. The lowest BCUT2D eigenvalue weighted by Gasteiger charge is -1.71. The standard InChI is InChI=1S/BH4P3/c1-3-4-2/h3-4H,2H2/i2T,3D,4D. The van der Waals surface area contributed by atoms with Crippen molar-refractivity contribution in [3.8, 4) is 0 Å². The zero-order valence-corrected chi connectivity index (χ0v) is 4.76.